The van der Waals surface area contributed by atoms with Gasteiger partial charge < -0.3 is 4.90 Å². The van der Waals surface area contributed by atoms with Crippen molar-refractivity contribution < 1.29 is 4.79 Å². The molecule has 4 heteroatoms. The molecule has 96 valence electrons. The van der Waals surface area contributed by atoms with Crippen LogP contribution in [0.5, 0.6) is 0 Å². The van der Waals surface area contributed by atoms with Crippen LogP contribution in [0.4, 0.5) is 0 Å². The topological polar surface area (TPSA) is 32.3 Å². The molecule has 2 heterocycles. The Bertz CT molecular complexity index is 503. The van der Waals surface area contributed by atoms with Gasteiger partial charge in [-0.25, -0.2) is 0 Å². The Hall–Kier alpha value is -1.00. The predicted molar refractivity (Wildman–Crippen MR) is 74.6 cm³/mol. The molecule has 0 aliphatic carbocycles. The summed E-state index contributed by atoms with van der Waals surface area (Å²) in [5, 5.41) is 3.55. The molecule has 0 bridgehead atoms. The lowest BCUT2D eigenvalue weighted by atomic mass is 9.96. The van der Waals surface area contributed by atoms with Crippen LogP contribution in [0.15, 0.2) is 18.2 Å². The average Bonchev–Trinajstić information content (AvgIpc) is 2.79. The smallest absolute Gasteiger partial charge is 0.234 e. The summed E-state index contributed by atoms with van der Waals surface area (Å²) in [5.41, 5.74) is 3.55. The van der Waals surface area contributed by atoms with Crippen LogP contribution < -0.4 is 5.32 Å². The Morgan fingerprint density at radius 2 is 2.17 bits per heavy atom. The molecule has 18 heavy (non-hydrogen) atoms. The second kappa shape index (κ2) is 4.28. The molecule has 1 N–H and O–H groups in total. The number of nitrogens with one attached hydrogen (secondary N) is 1. The summed E-state index contributed by atoms with van der Waals surface area (Å²) in [4.78, 5) is 14.1. The fourth-order valence-electron chi connectivity index (χ4n) is 2.83. The third-order valence-electron chi connectivity index (χ3n) is 4.04. The lowest BCUT2D eigenvalue weighted by Crippen LogP contribution is -2.56. The number of hydrogen-bond acceptors (Lipinski definition) is 3. The molecule has 0 saturated carbocycles. The van der Waals surface area contributed by atoms with Crippen molar-refractivity contribution in [2.24, 2.45) is 0 Å². The predicted octanol–water partition coefficient (Wildman–Crippen LogP) is 1.63. The standard InChI is InChI=1S/C14H18N2OS/c1-10-3-4-12(7-11(10)2)14-9-18-8-13(17)16(14)6-5-15-14/h3-4,7,15H,5-6,8-9H2,1-2H3. The first-order chi connectivity index (χ1) is 8.63. The van der Waals surface area contributed by atoms with Crippen LogP contribution in [0.25, 0.3) is 0 Å². The van der Waals surface area contributed by atoms with Crippen LogP contribution >= 0.6 is 11.8 Å². The highest BCUT2D eigenvalue weighted by Crippen LogP contribution is 2.37. The molecule has 0 spiro atoms. The van der Waals surface area contributed by atoms with E-state index in [1.807, 2.05) is 4.90 Å². The van der Waals surface area contributed by atoms with E-state index in [-0.39, 0.29) is 11.6 Å². The van der Waals surface area contributed by atoms with Gasteiger partial charge in [-0.2, -0.15) is 0 Å². The molecule has 1 amide bonds. The van der Waals surface area contributed by atoms with Crippen molar-refractivity contribution in [1.82, 2.24) is 10.2 Å². The zero-order valence-electron chi connectivity index (χ0n) is 10.8. The van der Waals surface area contributed by atoms with E-state index in [1.54, 1.807) is 11.8 Å². The molecule has 0 radical (unpaired) electrons. The number of hydrogen-bond donors (Lipinski definition) is 1. The largest absolute Gasteiger partial charge is 0.317 e. The summed E-state index contributed by atoms with van der Waals surface area (Å²) in [6.07, 6.45) is 0. The van der Waals surface area contributed by atoms with Gasteiger partial charge in [0.15, 0.2) is 0 Å². The fraction of sp³-hybridized carbons (Fsp3) is 0.500. The van der Waals surface area contributed by atoms with Gasteiger partial charge in [-0.3, -0.25) is 10.1 Å². The number of benzene rings is 1. The summed E-state index contributed by atoms with van der Waals surface area (Å²) in [6, 6.07) is 6.54. The third-order valence-corrected chi connectivity index (χ3v) is 5.11. The number of carbonyl (C=O) groups excluding carboxylic acids is 1. The van der Waals surface area contributed by atoms with E-state index >= 15 is 0 Å². The quantitative estimate of drug-likeness (QED) is 0.835. The minimum absolute atomic E-state index is 0.259. The van der Waals surface area contributed by atoms with Crippen molar-refractivity contribution in [2.75, 3.05) is 24.6 Å². The lowest BCUT2D eigenvalue weighted by molar-refractivity contribution is -0.133. The molecule has 3 nitrogen and oxygen atoms in total. The Kier molecular flexibility index (Phi) is 2.87. The number of rotatable bonds is 1. The summed E-state index contributed by atoms with van der Waals surface area (Å²) in [7, 11) is 0. The van der Waals surface area contributed by atoms with E-state index in [2.05, 4.69) is 37.4 Å². The molecule has 1 aromatic rings. The first kappa shape index (κ1) is 12.1. The number of aryl methyl sites for hydroxylation is 2. The molecule has 3 rings (SSSR count). The number of carbonyl (C=O) groups is 1. The highest BCUT2D eigenvalue weighted by molar-refractivity contribution is 8.00. The van der Waals surface area contributed by atoms with Crippen LogP contribution in [0, 0.1) is 13.8 Å². The molecule has 1 unspecified atom stereocenters. The molecule has 0 aromatic heterocycles. The molecule has 2 fully saturated rings. The fourth-order valence-corrected chi connectivity index (χ4v) is 3.98. The monoisotopic (exact) mass is 262 g/mol. The number of fused-ring (bicyclic) bond motifs is 1. The van der Waals surface area contributed by atoms with Gasteiger partial charge in [-0.1, -0.05) is 18.2 Å². The summed E-state index contributed by atoms with van der Waals surface area (Å²) in [5.74, 6) is 1.82. The third kappa shape index (κ3) is 1.67. The van der Waals surface area contributed by atoms with Gasteiger partial charge in [0.25, 0.3) is 0 Å². The Balaban J connectivity index is 2.06. The van der Waals surface area contributed by atoms with Crippen LogP contribution in [0.1, 0.15) is 16.7 Å². The lowest BCUT2D eigenvalue weighted by Gasteiger charge is -2.42. The maximum absolute atomic E-state index is 12.1. The Labute approximate surface area is 112 Å². The molecule has 2 aliphatic heterocycles. The summed E-state index contributed by atoms with van der Waals surface area (Å²) >= 11 is 1.73. The average molecular weight is 262 g/mol. The van der Waals surface area contributed by atoms with E-state index in [1.165, 1.54) is 16.7 Å². The van der Waals surface area contributed by atoms with E-state index in [0.29, 0.717) is 5.75 Å². The maximum Gasteiger partial charge on any atom is 0.234 e. The minimum atomic E-state index is -0.265. The normalized spacial score (nSPS) is 27.4. The molecule has 1 atom stereocenters. The zero-order valence-corrected chi connectivity index (χ0v) is 11.6. The van der Waals surface area contributed by atoms with Crippen LogP contribution in [0.2, 0.25) is 0 Å². The van der Waals surface area contributed by atoms with Gasteiger partial charge in [0, 0.05) is 18.8 Å². The van der Waals surface area contributed by atoms with Gasteiger partial charge in [0.2, 0.25) is 5.91 Å². The summed E-state index contributed by atoms with van der Waals surface area (Å²) in [6.45, 7) is 5.97. The minimum Gasteiger partial charge on any atom is -0.317 e. The Morgan fingerprint density at radius 1 is 1.33 bits per heavy atom. The second-order valence-electron chi connectivity index (χ2n) is 5.12. The van der Waals surface area contributed by atoms with Gasteiger partial charge in [0.05, 0.1) is 5.75 Å². The number of thioether (sulfide) groups is 1. The van der Waals surface area contributed by atoms with E-state index < -0.39 is 0 Å². The summed E-state index contributed by atoms with van der Waals surface area (Å²) < 4.78 is 0. The van der Waals surface area contributed by atoms with Crippen molar-refractivity contribution in [1.29, 1.82) is 0 Å². The van der Waals surface area contributed by atoms with Crippen molar-refractivity contribution in [3.63, 3.8) is 0 Å². The first-order valence-electron chi connectivity index (χ1n) is 6.34. The first-order valence-corrected chi connectivity index (χ1v) is 7.50. The van der Waals surface area contributed by atoms with Crippen molar-refractivity contribution >= 4 is 17.7 Å². The molecule has 2 aliphatic rings. The van der Waals surface area contributed by atoms with E-state index in [0.717, 1.165) is 18.8 Å². The van der Waals surface area contributed by atoms with Crippen LogP contribution in [0.3, 0.4) is 0 Å². The van der Waals surface area contributed by atoms with E-state index in [9.17, 15) is 4.79 Å². The van der Waals surface area contributed by atoms with Crippen LogP contribution in [-0.2, 0) is 10.5 Å². The maximum atomic E-state index is 12.1. The van der Waals surface area contributed by atoms with Gasteiger partial charge in [-0.15, -0.1) is 11.8 Å². The highest BCUT2D eigenvalue weighted by Gasteiger charge is 2.47. The molecular formula is C14H18N2OS. The zero-order chi connectivity index (χ0) is 12.8. The highest BCUT2D eigenvalue weighted by atomic mass is 32.2. The molecule has 2 saturated heterocycles. The molecular weight excluding hydrogens is 244 g/mol. The number of amides is 1. The van der Waals surface area contributed by atoms with Crippen molar-refractivity contribution in [3.8, 4) is 0 Å². The van der Waals surface area contributed by atoms with Gasteiger partial charge in [0.1, 0.15) is 5.66 Å². The second-order valence-corrected chi connectivity index (χ2v) is 6.11. The van der Waals surface area contributed by atoms with Crippen molar-refractivity contribution in [2.45, 2.75) is 19.5 Å². The van der Waals surface area contributed by atoms with E-state index in [4.69, 9.17) is 0 Å². The SMILES string of the molecule is Cc1ccc(C23CSCC(=O)N2CCN3)cc1C. The molecule has 1 aromatic carbocycles. The van der Waals surface area contributed by atoms with Gasteiger partial charge in [-0.05, 0) is 30.5 Å². The van der Waals surface area contributed by atoms with Crippen LogP contribution in [-0.4, -0.2) is 35.4 Å². The van der Waals surface area contributed by atoms with Gasteiger partial charge >= 0.3 is 0 Å². The Morgan fingerprint density at radius 3 is 2.94 bits per heavy atom. The van der Waals surface area contributed by atoms with Crippen molar-refractivity contribution in [3.05, 3.63) is 34.9 Å². The number of nitrogens with zero attached hydrogens (tertiary/aromatic N) is 1.